The van der Waals surface area contributed by atoms with Gasteiger partial charge in [0.25, 0.3) is 0 Å². The van der Waals surface area contributed by atoms with Crippen molar-refractivity contribution in [2.24, 2.45) is 5.92 Å². The van der Waals surface area contributed by atoms with Crippen LogP contribution in [0.2, 0.25) is 0 Å². The van der Waals surface area contributed by atoms with E-state index in [9.17, 15) is 4.39 Å². The fourth-order valence-electron chi connectivity index (χ4n) is 1.42. The molecule has 1 atom stereocenters. The number of nitrogens with one attached hydrogen (secondary N) is 1. The molecule has 0 amide bonds. The molecule has 1 rings (SSSR count). The van der Waals surface area contributed by atoms with E-state index >= 15 is 0 Å². The third kappa shape index (κ3) is 3.22. The molecule has 2 heteroatoms. The summed E-state index contributed by atoms with van der Waals surface area (Å²) in [4.78, 5) is 0. The van der Waals surface area contributed by atoms with Crippen LogP contribution in [-0.2, 0) is 0 Å². The summed E-state index contributed by atoms with van der Waals surface area (Å²) in [5.74, 6) is 0.703. The lowest BCUT2D eigenvalue weighted by molar-refractivity contribution is 0.552. The van der Waals surface area contributed by atoms with Gasteiger partial charge in [0.1, 0.15) is 5.82 Å². The Bertz CT molecular complexity index is 345. The van der Waals surface area contributed by atoms with Crippen molar-refractivity contribution in [2.75, 3.05) is 5.32 Å². The highest BCUT2D eigenvalue weighted by atomic mass is 19.1. The van der Waals surface area contributed by atoms with Crippen LogP contribution in [0.5, 0.6) is 0 Å². The van der Waals surface area contributed by atoms with Crippen molar-refractivity contribution in [1.29, 1.82) is 0 Å². The third-order valence-electron chi connectivity index (χ3n) is 3.04. The van der Waals surface area contributed by atoms with E-state index in [0.29, 0.717) is 17.5 Å². The zero-order valence-corrected chi connectivity index (χ0v) is 10.8. The molecule has 0 aliphatic rings. The number of hydrogen-bond donors (Lipinski definition) is 1. The first kappa shape index (κ1) is 13.0. The highest BCUT2D eigenvalue weighted by molar-refractivity contribution is 5.47. The smallest absolute Gasteiger partial charge is 0.146 e. The molecule has 1 aromatic carbocycles. The van der Waals surface area contributed by atoms with Crippen LogP contribution in [0, 0.1) is 11.7 Å². The van der Waals surface area contributed by atoms with Crippen LogP contribution in [0.4, 0.5) is 10.1 Å². The van der Waals surface area contributed by atoms with Crippen molar-refractivity contribution in [3.8, 4) is 0 Å². The normalized spacial score (nSPS) is 13.2. The second-order valence-electron chi connectivity index (χ2n) is 5.07. The van der Waals surface area contributed by atoms with Gasteiger partial charge >= 0.3 is 0 Å². The van der Waals surface area contributed by atoms with Gasteiger partial charge in [-0.1, -0.05) is 33.8 Å². The predicted octanol–water partition coefficient (Wildman–Crippen LogP) is 4.41. The van der Waals surface area contributed by atoms with Crippen LogP contribution in [0.15, 0.2) is 18.2 Å². The highest BCUT2D eigenvalue weighted by Crippen LogP contribution is 2.22. The molecule has 1 N–H and O–H groups in total. The van der Waals surface area contributed by atoms with Crippen molar-refractivity contribution in [3.63, 3.8) is 0 Å². The number of rotatable bonds is 4. The van der Waals surface area contributed by atoms with Gasteiger partial charge in [0.05, 0.1) is 5.69 Å². The Labute approximate surface area is 98.1 Å². The molecule has 1 unspecified atom stereocenters. The van der Waals surface area contributed by atoms with Gasteiger partial charge in [0, 0.05) is 6.04 Å². The summed E-state index contributed by atoms with van der Waals surface area (Å²) in [5.41, 5.74) is 1.64. The van der Waals surface area contributed by atoms with Gasteiger partial charge < -0.3 is 5.32 Å². The lowest BCUT2D eigenvalue weighted by Crippen LogP contribution is -2.22. The van der Waals surface area contributed by atoms with E-state index in [1.165, 1.54) is 0 Å². The van der Waals surface area contributed by atoms with Crippen molar-refractivity contribution in [2.45, 2.75) is 46.6 Å². The molecule has 0 radical (unpaired) electrons. The van der Waals surface area contributed by atoms with Gasteiger partial charge in [-0.25, -0.2) is 4.39 Å². The summed E-state index contributed by atoms with van der Waals surface area (Å²) in [7, 11) is 0. The third-order valence-corrected chi connectivity index (χ3v) is 3.04. The van der Waals surface area contributed by atoms with E-state index in [1.807, 2.05) is 12.1 Å². The average Bonchev–Trinajstić information content (AvgIpc) is 2.20. The second-order valence-corrected chi connectivity index (χ2v) is 5.07. The first-order valence-corrected chi connectivity index (χ1v) is 5.97. The SMILES string of the molecule is CC(C)c1ccc(NC(C)C(C)C)c(F)c1. The lowest BCUT2D eigenvalue weighted by Gasteiger charge is -2.19. The van der Waals surface area contributed by atoms with Crippen LogP contribution in [0.3, 0.4) is 0 Å². The molecular weight excluding hydrogens is 201 g/mol. The van der Waals surface area contributed by atoms with E-state index < -0.39 is 0 Å². The molecule has 0 fully saturated rings. The number of benzene rings is 1. The summed E-state index contributed by atoms with van der Waals surface area (Å²) >= 11 is 0. The van der Waals surface area contributed by atoms with Gasteiger partial charge in [-0.3, -0.25) is 0 Å². The maximum absolute atomic E-state index is 13.8. The second kappa shape index (κ2) is 5.33. The fraction of sp³-hybridized carbons (Fsp3) is 0.571. The average molecular weight is 223 g/mol. The zero-order valence-electron chi connectivity index (χ0n) is 10.8. The lowest BCUT2D eigenvalue weighted by atomic mass is 10.0. The first-order chi connectivity index (χ1) is 7.41. The topological polar surface area (TPSA) is 12.0 Å². The molecule has 0 aliphatic heterocycles. The maximum atomic E-state index is 13.8. The Morgan fingerprint density at radius 1 is 1.06 bits per heavy atom. The van der Waals surface area contributed by atoms with E-state index in [2.05, 4.69) is 39.9 Å². The zero-order chi connectivity index (χ0) is 12.3. The van der Waals surface area contributed by atoms with Crippen LogP contribution in [-0.4, -0.2) is 6.04 Å². The maximum Gasteiger partial charge on any atom is 0.146 e. The van der Waals surface area contributed by atoms with Crippen LogP contribution < -0.4 is 5.32 Å². The Morgan fingerprint density at radius 3 is 2.12 bits per heavy atom. The monoisotopic (exact) mass is 223 g/mol. The summed E-state index contributed by atoms with van der Waals surface area (Å²) in [6.07, 6.45) is 0. The standard InChI is InChI=1S/C14H22FN/c1-9(2)11(5)16-14-7-6-12(10(3)4)8-13(14)15/h6-11,16H,1-5H3. The van der Waals surface area contributed by atoms with Gasteiger partial charge in [-0.05, 0) is 36.5 Å². The van der Waals surface area contributed by atoms with E-state index in [4.69, 9.17) is 0 Å². The predicted molar refractivity (Wildman–Crippen MR) is 68.4 cm³/mol. The van der Waals surface area contributed by atoms with Crippen molar-refractivity contribution >= 4 is 5.69 Å². The minimum Gasteiger partial charge on any atom is -0.380 e. The molecule has 0 aliphatic carbocycles. The van der Waals surface area contributed by atoms with Crippen molar-refractivity contribution in [3.05, 3.63) is 29.6 Å². The number of anilines is 1. The molecule has 0 aromatic heterocycles. The Balaban J connectivity index is 2.83. The molecule has 0 saturated carbocycles. The van der Waals surface area contributed by atoms with E-state index in [-0.39, 0.29) is 11.9 Å². The molecule has 0 spiro atoms. The molecule has 16 heavy (non-hydrogen) atoms. The van der Waals surface area contributed by atoms with Crippen LogP contribution in [0.1, 0.15) is 46.1 Å². The molecule has 0 heterocycles. The van der Waals surface area contributed by atoms with E-state index in [0.717, 1.165) is 5.56 Å². The molecule has 1 nitrogen and oxygen atoms in total. The molecule has 0 saturated heterocycles. The van der Waals surface area contributed by atoms with Crippen LogP contribution >= 0.6 is 0 Å². The Hall–Kier alpha value is -1.05. The highest BCUT2D eigenvalue weighted by Gasteiger charge is 2.10. The van der Waals surface area contributed by atoms with E-state index in [1.54, 1.807) is 6.07 Å². The van der Waals surface area contributed by atoms with Gasteiger partial charge in [0.2, 0.25) is 0 Å². The van der Waals surface area contributed by atoms with Crippen molar-refractivity contribution < 1.29 is 4.39 Å². The molecule has 0 bridgehead atoms. The minimum atomic E-state index is -0.154. The molecule has 1 aromatic rings. The largest absolute Gasteiger partial charge is 0.380 e. The number of hydrogen-bond acceptors (Lipinski definition) is 1. The van der Waals surface area contributed by atoms with Crippen molar-refractivity contribution in [1.82, 2.24) is 0 Å². The molecular formula is C14H22FN. The van der Waals surface area contributed by atoms with Gasteiger partial charge in [-0.2, -0.15) is 0 Å². The van der Waals surface area contributed by atoms with Gasteiger partial charge in [-0.15, -0.1) is 0 Å². The summed E-state index contributed by atoms with van der Waals surface area (Å²) < 4.78 is 13.8. The minimum absolute atomic E-state index is 0.154. The quantitative estimate of drug-likeness (QED) is 0.797. The fourth-order valence-corrected chi connectivity index (χ4v) is 1.42. The summed E-state index contributed by atoms with van der Waals surface area (Å²) in [6, 6.07) is 5.73. The number of halogens is 1. The molecule has 90 valence electrons. The Kier molecular flexibility index (Phi) is 4.34. The summed E-state index contributed by atoms with van der Waals surface area (Å²) in [6.45, 7) is 10.5. The van der Waals surface area contributed by atoms with Gasteiger partial charge in [0.15, 0.2) is 0 Å². The van der Waals surface area contributed by atoms with Crippen LogP contribution in [0.25, 0.3) is 0 Å². The Morgan fingerprint density at radius 2 is 1.69 bits per heavy atom. The summed E-state index contributed by atoms with van der Waals surface area (Å²) in [5, 5.41) is 3.20. The first-order valence-electron chi connectivity index (χ1n) is 5.97.